The SMILES string of the molecule is COC(C)OCSc1ccc[nH]1. The lowest BCUT2D eigenvalue weighted by Crippen LogP contribution is -2.09. The van der Waals surface area contributed by atoms with E-state index >= 15 is 0 Å². The zero-order chi connectivity index (χ0) is 8.81. The summed E-state index contributed by atoms with van der Waals surface area (Å²) in [5, 5.41) is 1.11. The van der Waals surface area contributed by atoms with E-state index in [9.17, 15) is 0 Å². The maximum absolute atomic E-state index is 5.29. The van der Waals surface area contributed by atoms with Crippen LogP contribution in [0.5, 0.6) is 0 Å². The van der Waals surface area contributed by atoms with Crippen molar-refractivity contribution in [1.29, 1.82) is 0 Å². The summed E-state index contributed by atoms with van der Waals surface area (Å²) in [4.78, 5) is 3.07. The van der Waals surface area contributed by atoms with E-state index in [0.29, 0.717) is 5.94 Å². The molecule has 0 aliphatic carbocycles. The van der Waals surface area contributed by atoms with Gasteiger partial charge in [-0.15, -0.1) is 0 Å². The molecule has 0 spiro atoms. The highest BCUT2D eigenvalue weighted by Gasteiger charge is 1.98. The van der Waals surface area contributed by atoms with Gasteiger partial charge in [-0.05, 0) is 19.1 Å². The third-order valence-electron chi connectivity index (χ3n) is 1.42. The lowest BCUT2D eigenvalue weighted by Gasteiger charge is -2.09. The van der Waals surface area contributed by atoms with E-state index in [4.69, 9.17) is 9.47 Å². The van der Waals surface area contributed by atoms with Crippen molar-refractivity contribution >= 4 is 11.8 Å². The molecule has 0 fully saturated rings. The van der Waals surface area contributed by atoms with Gasteiger partial charge < -0.3 is 14.5 Å². The monoisotopic (exact) mass is 187 g/mol. The van der Waals surface area contributed by atoms with E-state index in [1.807, 2.05) is 25.3 Å². The molecule has 1 atom stereocenters. The van der Waals surface area contributed by atoms with Crippen LogP contribution in [0.4, 0.5) is 0 Å². The molecule has 0 amide bonds. The van der Waals surface area contributed by atoms with Gasteiger partial charge in [-0.2, -0.15) is 0 Å². The molecule has 1 aromatic rings. The maximum Gasteiger partial charge on any atom is 0.155 e. The Morgan fingerprint density at radius 2 is 2.50 bits per heavy atom. The van der Waals surface area contributed by atoms with Gasteiger partial charge in [0.2, 0.25) is 0 Å². The van der Waals surface area contributed by atoms with Crippen LogP contribution >= 0.6 is 11.8 Å². The first kappa shape index (κ1) is 9.64. The number of H-pyrrole nitrogens is 1. The van der Waals surface area contributed by atoms with Crippen LogP contribution in [0.2, 0.25) is 0 Å². The van der Waals surface area contributed by atoms with Crippen molar-refractivity contribution in [3.05, 3.63) is 18.3 Å². The number of hydrogen-bond acceptors (Lipinski definition) is 3. The van der Waals surface area contributed by atoms with E-state index in [-0.39, 0.29) is 6.29 Å². The fourth-order valence-corrected chi connectivity index (χ4v) is 1.38. The van der Waals surface area contributed by atoms with Crippen molar-refractivity contribution in [2.45, 2.75) is 18.2 Å². The summed E-state index contributed by atoms with van der Waals surface area (Å²) in [6.07, 6.45) is 1.76. The smallest absolute Gasteiger partial charge is 0.155 e. The molecule has 0 radical (unpaired) electrons. The lowest BCUT2D eigenvalue weighted by atomic mass is 10.7. The molecule has 0 saturated carbocycles. The summed E-state index contributed by atoms with van der Waals surface area (Å²) < 4.78 is 10.2. The molecule has 0 aliphatic rings. The average molecular weight is 187 g/mol. The van der Waals surface area contributed by atoms with Crippen LogP contribution in [-0.2, 0) is 9.47 Å². The van der Waals surface area contributed by atoms with Gasteiger partial charge in [-0.1, -0.05) is 11.8 Å². The second kappa shape index (κ2) is 5.24. The van der Waals surface area contributed by atoms with Crippen molar-refractivity contribution in [1.82, 2.24) is 4.98 Å². The molecule has 1 unspecified atom stereocenters. The summed E-state index contributed by atoms with van der Waals surface area (Å²) in [6, 6.07) is 3.97. The standard InChI is InChI=1S/C8H13NO2S/c1-7(10-2)11-6-12-8-4-3-5-9-8/h3-5,7,9H,6H2,1-2H3. The third kappa shape index (κ3) is 3.30. The number of hydrogen-bond donors (Lipinski definition) is 1. The number of rotatable bonds is 5. The summed E-state index contributed by atoms with van der Waals surface area (Å²) in [5.74, 6) is 0.607. The first-order chi connectivity index (χ1) is 5.83. The quantitative estimate of drug-likeness (QED) is 0.566. The molecule has 1 N–H and O–H groups in total. The topological polar surface area (TPSA) is 34.2 Å². The van der Waals surface area contributed by atoms with E-state index in [0.717, 1.165) is 5.03 Å². The van der Waals surface area contributed by atoms with Crippen molar-refractivity contribution in [2.24, 2.45) is 0 Å². The number of ether oxygens (including phenoxy) is 2. The Labute approximate surface area is 76.5 Å². The highest BCUT2D eigenvalue weighted by Crippen LogP contribution is 2.15. The van der Waals surface area contributed by atoms with Gasteiger partial charge in [-0.25, -0.2) is 0 Å². The fraction of sp³-hybridized carbons (Fsp3) is 0.500. The van der Waals surface area contributed by atoms with Crippen LogP contribution in [-0.4, -0.2) is 24.3 Å². The minimum Gasteiger partial charge on any atom is -0.356 e. The van der Waals surface area contributed by atoms with Gasteiger partial charge in [0.1, 0.15) is 5.94 Å². The largest absolute Gasteiger partial charge is 0.356 e. The van der Waals surface area contributed by atoms with E-state index in [2.05, 4.69) is 4.98 Å². The van der Waals surface area contributed by atoms with Crippen molar-refractivity contribution < 1.29 is 9.47 Å². The molecule has 0 aromatic carbocycles. The second-order valence-corrected chi connectivity index (χ2v) is 3.23. The van der Waals surface area contributed by atoms with Gasteiger partial charge in [0.15, 0.2) is 6.29 Å². The highest BCUT2D eigenvalue weighted by molar-refractivity contribution is 7.99. The van der Waals surface area contributed by atoms with Crippen LogP contribution in [0.15, 0.2) is 23.4 Å². The molecule has 1 rings (SSSR count). The van der Waals surface area contributed by atoms with Crippen LogP contribution in [0, 0.1) is 0 Å². The Hall–Kier alpha value is -0.450. The van der Waals surface area contributed by atoms with Crippen molar-refractivity contribution in [3.63, 3.8) is 0 Å². The number of nitrogens with one attached hydrogen (secondary N) is 1. The lowest BCUT2D eigenvalue weighted by molar-refractivity contribution is -0.0937. The van der Waals surface area contributed by atoms with Gasteiger partial charge in [0.05, 0.1) is 5.03 Å². The van der Waals surface area contributed by atoms with Crippen LogP contribution < -0.4 is 0 Å². The number of thioether (sulfide) groups is 1. The van der Waals surface area contributed by atoms with Crippen LogP contribution in [0.1, 0.15) is 6.92 Å². The molecule has 68 valence electrons. The maximum atomic E-state index is 5.29. The third-order valence-corrected chi connectivity index (χ3v) is 2.24. The van der Waals surface area contributed by atoms with Crippen LogP contribution in [0.3, 0.4) is 0 Å². The number of aromatic nitrogens is 1. The molecular weight excluding hydrogens is 174 g/mol. The average Bonchev–Trinajstić information content (AvgIpc) is 2.57. The molecular formula is C8H13NO2S. The first-order valence-corrected chi connectivity index (χ1v) is 4.72. The van der Waals surface area contributed by atoms with Gasteiger partial charge >= 0.3 is 0 Å². The Morgan fingerprint density at radius 1 is 1.67 bits per heavy atom. The molecule has 1 heterocycles. The van der Waals surface area contributed by atoms with Crippen molar-refractivity contribution in [3.8, 4) is 0 Å². The van der Waals surface area contributed by atoms with E-state index < -0.39 is 0 Å². The first-order valence-electron chi connectivity index (χ1n) is 3.73. The van der Waals surface area contributed by atoms with Crippen molar-refractivity contribution in [2.75, 3.05) is 13.0 Å². The van der Waals surface area contributed by atoms with E-state index in [1.54, 1.807) is 18.9 Å². The highest BCUT2D eigenvalue weighted by atomic mass is 32.2. The summed E-state index contributed by atoms with van der Waals surface area (Å²) in [6.45, 7) is 1.87. The van der Waals surface area contributed by atoms with Gasteiger partial charge in [0, 0.05) is 13.3 Å². The number of methoxy groups -OCH3 is 1. The Kier molecular flexibility index (Phi) is 4.21. The second-order valence-electron chi connectivity index (χ2n) is 2.27. The molecule has 4 heteroatoms. The fourth-order valence-electron chi connectivity index (χ4n) is 0.665. The van der Waals surface area contributed by atoms with Crippen LogP contribution in [0.25, 0.3) is 0 Å². The summed E-state index contributed by atoms with van der Waals surface area (Å²) in [7, 11) is 1.63. The zero-order valence-corrected chi connectivity index (χ0v) is 8.06. The number of aromatic amines is 1. The molecule has 12 heavy (non-hydrogen) atoms. The summed E-state index contributed by atoms with van der Waals surface area (Å²) in [5.41, 5.74) is 0. The normalized spacial score (nSPS) is 13.2. The van der Waals surface area contributed by atoms with E-state index in [1.165, 1.54) is 0 Å². The molecule has 3 nitrogen and oxygen atoms in total. The molecule has 0 bridgehead atoms. The predicted molar refractivity (Wildman–Crippen MR) is 49.1 cm³/mol. The Morgan fingerprint density at radius 3 is 3.08 bits per heavy atom. The molecule has 1 aromatic heterocycles. The predicted octanol–water partition coefficient (Wildman–Crippen LogP) is 2.07. The molecule has 0 aliphatic heterocycles. The Bertz CT molecular complexity index is 201. The van der Waals surface area contributed by atoms with Gasteiger partial charge in [0.25, 0.3) is 0 Å². The summed E-state index contributed by atoms with van der Waals surface area (Å²) >= 11 is 1.61. The minimum atomic E-state index is -0.132. The van der Waals surface area contributed by atoms with Gasteiger partial charge in [-0.3, -0.25) is 0 Å². The zero-order valence-electron chi connectivity index (χ0n) is 7.24. The molecule has 0 saturated heterocycles. The minimum absolute atomic E-state index is 0.132. The Balaban J connectivity index is 2.11.